The fourth-order valence-corrected chi connectivity index (χ4v) is 3.67. The van der Waals surface area contributed by atoms with Crippen LogP contribution in [0.2, 0.25) is 0 Å². The summed E-state index contributed by atoms with van der Waals surface area (Å²) in [6.45, 7) is 6.07. The number of hydrogen-bond acceptors (Lipinski definition) is 8. The molecule has 0 N–H and O–H groups in total. The second kappa shape index (κ2) is 8.73. The number of para-hydroxylation sites is 1. The monoisotopic (exact) mass is 408 g/mol. The van der Waals surface area contributed by atoms with E-state index < -0.39 is 0 Å². The molecule has 156 valence electrons. The van der Waals surface area contributed by atoms with Crippen molar-refractivity contribution < 1.29 is 18.6 Å². The van der Waals surface area contributed by atoms with Gasteiger partial charge in [0.2, 0.25) is 12.7 Å². The van der Waals surface area contributed by atoms with Crippen molar-refractivity contribution in [3.63, 3.8) is 0 Å². The largest absolute Gasteiger partial charge is 0.484 e. The number of aromatic nitrogens is 2. The van der Waals surface area contributed by atoms with E-state index in [9.17, 15) is 0 Å². The number of piperazine rings is 1. The molecule has 2 aliphatic rings. The number of rotatable bonds is 7. The lowest BCUT2D eigenvalue weighted by Crippen LogP contribution is -2.45. The maximum absolute atomic E-state index is 5.75. The third-order valence-electron chi connectivity index (χ3n) is 5.28. The summed E-state index contributed by atoms with van der Waals surface area (Å²) in [5, 5.41) is 8.26. The van der Waals surface area contributed by atoms with Crippen molar-refractivity contribution in [2.24, 2.45) is 0 Å². The maximum Gasteiger partial charge on any atom is 0.253 e. The van der Waals surface area contributed by atoms with Gasteiger partial charge in [0, 0.05) is 32.7 Å². The lowest BCUT2D eigenvalue weighted by Gasteiger charge is -2.33. The summed E-state index contributed by atoms with van der Waals surface area (Å²) in [7, 11) is 0. The summed E-state index contributed by atoms with van der Waals surface area (Å²) >= 11 is 0. The van der Waals surface area contributed by atoms with E-state index in [4.69, 9.17) is 18.6 Å². The predicted octanol–water partition coefficient (Wildman–Crippen LogP) is 2.70. The van der Waals surface area contributed by atoms with Crippen LogP contribution < -0.4 is 14.2 Å². The second-order valence-electron chi connectivity index (χ2n) is 7.43. The average molecular weight is 408 g/mol. The first-order valence-electron chi connectivity index (χ1n) is 10.1. The van der Waals surface area contributed by atoms with Gasteiger partial charge in [-0.05, 0) is 29.8 Å². The molecule has 1 aromatic heterocycles. The van der Waals surface area contributed by atoms with Crippen LogP contribution in [0.3, 0.4) is 0 Å². The minimum Gasteiger partial charge on any atom is -0.484 e. The molecular formula is C22H24N4O4. The zero-order valence-electron chi connectivity index (χ0n) is 16.7. The summed E-state index contributed by atoms with van der Waals surface area (Å²) in [6, 6.07) is 15.8. The van der Waals surface area contributed by atoms with Gasteiger partial charge in [-0.3, -0.25) is 9.80 Å². The minimum atomic E-state index is 0.278. The molecule has 0 atom stereocenters. The van der Waals surface area contributed by atoms with Crippen LogP contribution >= 0.6 is 0 Å². The van der Waals surface area contributed by atoms with Crippen molar-refractivity contribution in [2.45, 2.75) is 19.7 Å². The van der Waals surface area contributed by atoms with Gasteiger partial charge in [0.25, 0.3) is 5.89 Å². The van der Waals surface area contributed by atoms with Crippen LogP contribution in [-0.4, -0.2) is 53.0 Å². The Bertz CT molecular complexity index is 970. The van der Waals surface area contributed by atoms with Gasteiger partial charge in [0.1, 0.15) is 5.75 Å². The van der Waals surface area contributed by atoms with E-state index in [2.05, 4.69) is 32.1 Å². The number of fused-ring (bicyclic) bond motifs is 1. The van der Waals surface area contributed by atoms with Crippen LogP contribution in [0, 0.1) is 0 Å². The maximum atomic E-state index is 5.75. The molecule has 1 fully saturated rings. The van der Waals surface area contributed by atoms with E-state index in [1.807, 2.05) is 36.4 Å². The lowest BCUT2D eigenvalue weighted by atomic mass is 10.1. The molecule has 30 heavy (non-hydrogen) atoms. The Labute approximate surface area is 175 Å². The number of benzene rings is 2. The fourth-order valence-electron chi connectivity index (χ4n) is 3.67. The summed E-state index contributed by atoms with van der Waals surface area (Å²) in [5.74, 6) is 3.59. The van der Waals surface area contributed by atoms with Gasteiger partial charge >= 0.3 is 0 Å². The first-order valence-corrected chi connectivity index (χ1v) is 10.1. The van der Waals surface area contributed by atoms with Gasteiger partial charge in [-0.2, -0.15) is 0 Å². The molecule has 0 amide bonds. The van der Waals surface area contributed by atoms with Gasteiger partial charge in [-0.15, -0.1) is 10.2 Å². The topological polar surface area (TPSA) is 73.1 Å². The Kier molecular flexibility index (Phi) is 5.50. The molecule has 3 heterocycles. The van der Waals surface area contributed by atoms with Crippen molar-refractivity contribution in [2.75, 3.05) is 33.0 Å². The molecular weight excluding hydrogens is 384 g/mol. The van der Waals surface area contributed by atoms with Crippen molar-refractivity contribution in [1.82, 2.24) is 20.0 Å². The van der Waals surface area contributed by atoms with E-state index in [0.717, 1.165) is 50.0 Å². The van der Waals surface area contributed by atoms with Crippen LogP contribution in [0.4, 0.5) is 0 Å². The molecule has 0 unspecified atom stereocenters. The zero-order valence-corrected chi connectivity index (χ0v) is 16.7. The molecule has 0 bridgehead atoms. The highest BCUT2D eigenvalue weighted by atomic mass is 16.7. The molecule has 0 radical (unpaired) electrons. The average Bonchev–Trinajstić information content (AvgIpc) is 3.43. The van der Waals surface area contributed by atoms with E-state index >= 15 is 0 Å². The molecule has 0 saturated carbocycles. The number of nitrogens with zero attached hydrogens (tertiary/aromatic N) is 4. The van der Waals surface area contributed by atoms with Crippen LogP contribution in [-0.2, 0) is 19.7 Å². The standard InChI is InChI=1S/C22H24N4O4/c1-2-4-18(5-3-1)27-15-22-24-23-21(30-22)14-26-10-8-25(9-11-26)13-17-6-7-19-20(12-17)29-16-28-19/h1-7,12H,8-11,13-16H2. The van der Waals surface area contributed by atoms with Gasteiger partial charge in [-0.25, -0.2) is 0 Å². The third-order valence-corrected chi connectivity index (χ3v) is 5.28. The smallest absolute Gasteiger partial charge is 0.253 e. The molecule has 0 aliphatic carbocycles. The fraction of sp³-hybridized carbons (Fsp3) is 0.364. The quantitative estimate of drug-likeness (QED) is 0.591. The summed E-state index contributed by atoms with van der Waals surface area (Å²) in [5.41, 5.74) is 1.24. The Hall–Kier alpha value is -3.10. The Balaban J connectivity index is 1.08. The van der Waals surface area contributed by atoms with E-state index in [0.29, 0.717) is 25.1 Å². The third kappa shape index (κ3) is 4.55. The molecule has 3 aromatic rings. The Morgan fingerprint density at radius 2 is 1.53 bits per heavy atom. The van der Waals surface area contributed by atoms with Gasteiger partial charge in [-0.1, -0.05) is 24.3 Å². The molecule has 8 nitrogen and oxygen atoms in total. The molecule has 8 heteroatoms. The lowest BCUT2D eigenvalue weighted by molar-refractivity contribution is 0.113. The molecule has 2 aliphatic heterocycles. The van der Waals surface area contributed by atoms with Gasteiger partial charge < -0.3 is 18.6 Å². The van der Waals surface area contributed by atoms with Crippen molar-refractivity contribution in [3.05, 3.63) is 65.9 Å². The molecule has 0 spiro atoms. The van der Waals surface area contributed by atoms with E-state index in [1.54, 1.807) is 0 Å². The van der Waals surface area contributed by atoms with E-state index in [-0.39, 0.29) is 6.61 Å². The first kappa shape index (κ1) is 18.9. The molecule has 1 saturated heterocycles. The van der Waals surface area contributed by atoms with Crippen molar-refractivity contribution >= 4 is 0 Å². The minimum absolute atomic E-state index is 0.278. The van der Waals surface area contributed by atoms with Crippen molar-refractivity contribution in [3.8, 4) is 17.2 Å². The summed E-state index contributed by atoms with van der Waals surface area (Å²) in [6.07, 6.45) is 0. The molecule has 5 rings (SSSR count). The predicted molar refractivity (Wildman–Crippen MR) is 108 cm³/mol. The van der Waals surface area contributed by atoms with Crippen molar-refractivity contribution in [1.29, 1.82) is 0 Å². The van der Waals surface area contributed by atoms with Crippen LogP contribution in [0.25, 0.3) is 0 Å². The highest BCUT2D eigenvalue weighted by molar-refractivity contribution is 5.44. The first-order chi connectivity index (χ1) is 14.8. The number of ether oxygens (including phenoxy) is 3. The summed E-state index contributed by atoms with van der Waals surface area (Å²) < 4.78 is 22.3. The zero-order chi connectivity index (χ0) is 20.2. The number of hydrogen-bond donors (Lipinski definition) is 0. The highest BCUT2D eigenvalue weighted by Gasteiger charge is 2.20. The van der Waals surface area contributed by atoms with Crippen LogP contribution in [0.15, 0.2) is 52.9 Å². The van der Waals surface area contributed by atoms with E-state index in [1.165, 1.54) is 5.56 Å². The highest BCUT2D eigenvalue weighted by Crippen LogP contribution is 2.32. The molecule has 2 aromatic carbocycles. The Morgan fingerprint density at radius 1 is 0.800 bits per heavy atom. The van der Waals surface area contributed by atoms with Gasteiger partial charge in [0.15, 0.2) is 18.1 Å². The summed E-state index contributed by atoms with van der Waals surface area (Å²) in [4.78, 5) is 4.78. The second-order valence-corrected chi connectivity index (χ2v) is 7.43. The normalized spacial score (nSPS) is 16.7. The van der Waals surface area contributed by atoms with Crippen LogP contribution in [0.5, 0.6) is 17.2 Å². The van der Waals surface area contributed by atoms with Gasteiger partial charge in [0.05, 0.1) is 6.54 Å². The SMILES string of the molecule is c1ccc(OCc2nnc(CN3CCN(Cc4ccc5c(c4)OCO5)CC3)o2)cc1. The Morgan fingerprint density at radius 3 is 2.37 bits per heavy atom. The van der Waals surface area contributed by atoms with Crippen LogP contribution in [0.1, 0.15) is 17.3 Å².